The second kappa shape index (κ2) is 6.83. The zero-order valence-electron chi connectivity index (χ0n) is 11.6. The van der Waals surface area contributed by atoms with E-state index in [0.29, 0.717) is 12.1 Å². The molecule has 2 N–H and O–H groups in total. The van der Waals surface area contributed by atoms with Crippen molar-refractivity contribution < 1.29 is 13.6 Å². The highest BCUT2D eigenvalue weighted by molar-refractivity contribution is 5.94. The summed E-state index contributed by atoms with van der Waals surface area (Å²) >= 11 is 0. The molecule has 3 nitrogen and oxygen atoms in total. The number of amides is 1. The molecule has 2 aromatic rings. The maximum Gasteiger partial charge on any atom is 0.251 e. The van der Waals surface area contributed by atoms with Gasteiger partial charge in [0.05, 0.1) is 0 Å². The summed E-state index contributed by atoms with van der Waals surface area (Å²) in [4.78, 5) is 11.6. The van der Waals surface area contributed by atoms with Gasteiger partial charge in [-0.05, 0) is 37.3 Å². The molecule has 0 aliphatic carbocycles. The second-order valence-corrected chi connectivity index (χ2v) is 4.50. The number of nitrogens with one attached hydrogen (secondary N) is 2. The second-order valence-electron chi connectivity index (χ2n) is 4.50. The molecule has 1 amide bonds. The van der Waals surface area contributed by atoms with Gasteiger partial charge in [-0.2, -0.15) is 0 Å². The van der Waals surface area contributed by atoms with E-state index in [1.807, 2.05) is 6.92 Å². The number of hydrogen-bond donors (Lipinski definition) is 2. The van der Waals surface area contributed by atoms with Crippen LogP contribution in [0.3, 0.4) is 0 Å². The van der Waals surface area contributed by atoms with Gasteiger partial charge < -0.3 is 10.6 Å². The van der Waals surface area contributed by atoms with Crippen LogP contribution in [0.2, 0.25) is 0 Å². The minimum absolute atomic E-state index is 0.139. The quantitative estimate of drug-likeness (QED) is 0.887. The maximum atomic E-state index is 13.5. The van der Waals surface area contributed by atoms with Crippen LogP contribution in [0, 0.1) is 11.6 Å². The van der Waals surface area contributed by atoms with Gasteiger partial charge in [0.2, 0.25) is 0 Å². The molecular weight excluding hydrogens is 274 g/mol. The fourth-order valence-corrected chi connectivity index (χ4v) is 1.88. The Morgan fingerprint density at radius 2 is 1.81 bits per heavy atom. The van der Waals surface area contributed by atoms with Gasteiger partial charge in [0, 0.05) is 29.9 Å². The van der Waals surface area contributed by atoms with Crippen molar-refractivity contribution in [2.45, 2.75) is 13.5 Å². The molecule has 21 heavy (non-hydrogen) atoms. The van der Waals surface area contributed by atoms with Gasteiger partial charge in [0.1, 0.15) is 0 Å². The van der Waals surface area contributed by atoms with Crippen molar-refractivity contribution in [1.82, 2.24) is 5.32 Å². The van der Waals surface area contributed by atoms with E-state index >= 15 is 0 Å². The average molecular weight is 290 g/mol. The molecule has 0 aliphatic heterocycles. The Labute approximate surface area is 122 Å². The predicted octanol–water partition coefficient (Wildman–Crippen LogP) is 3.33. The minimum atomic E-state index is -0.860. The molecule has 0 radical (unpaired) electrons. The van der Waals surface area contributed by atoms with E-state index in [4.69, 9.17) is 0 Å². The molecule has 0 saturated heterocycles. The first-order valence-corrected chi connectivity index (χ1v) is 6.67. The van der Waals surface area contributed by atoms with Crippen molar-refractivity contribution in [3.8, 4) is 0 Å². The van der Waals surface area contributed by atoms with E-state index < -0.39 is 11.6 Å². The smallest absolute Gasteiger partial charge is 0.251 e. The lowest BCUT2D eigenvalue weighted by Crippen LogP contribution is -2.22. The first kappa shape index (κ1) is 15.0. The highest BCUT2D eigenvalue weighted by atomic mass is 19.2. The Balaban J connectivity index is 2.01. The van der Waals surface area contributed by atoms with Crippen LogP contribution >= 0.6 is 0 Å². The molecule has 2 aromatic carbocycles. The van der Waals surface area contributed by atoms with Crippen LogP contribution in [0.5, 0.6) is 0 Å². The number of carbonyl (C=O) groups is 1. The van der Waals surface area contributed by atoms with E-state index in [9.17, 15) is 13.6 Å². The molecule has 0 atom stereocenters. The molecule has 0 saturated carbocycles. The SMILES string of the molecule is CCNC(=O)c1ccc(NCc2cccc(F)c2F)cc1. The summed E-state index contributed by atoms with van der Waals surface area (Å²) in [6, 6.07) is 10.9. The van der Waals surface area contributed by atoms with Crippen LogP contribution in [0.15, 0.2) is 42.5 Å². The lowest BCUT2D eigenvalue weighted by molar-refractivity contribution is 0.0956. The van der Waals surface area contributed by atoms with Crippen molar-refractivity contribution in [2.24, 2.45) is 0 Å². The van der Waals surface area contributed by atoms with Crippen LogP contribution in [-0.2, 0) is 6.54 Å². The number of hydrogen-bond acceptors (Lipinski definition) is 2. The first-order chi connectivity index (χ1) is 10.1. The molecule has 0 fully saturated rings. The van der Waals surface area contributed by atoms with Gasteiger partial charge in [0.15, 0.2) is 11.6 Å². The molecule has 0 unspecified atom stereocenters. The van der Waals surface area contributed by atoms with Crippen molar-refractivity contribution in [1.29, 1.82) is 0 Å². The van der Waals surface area contributed by atoms with Crippen molar-refractivity contribution >= 4 is 11.6 Å². The summed E-state index contributed by atoms with van der Waals surface area (Å²) in [5.74, 6) is -1.84. The standard InChI is InChI=1S/C16H16F2N2O/c1-2-19-16(21)11-6-8-13(9-7-11)20-10-12-4-3-5-14(17)15(12)18/h3-9,20H,2,10H2,1H3,(H,19,21). The predicted molar refractivity (Wildman–Crippen MR) is 78.1 cm³/mol. The molecule has 2 rings (SSSR count). The molecule has 110 valence electrons. The first-order valence-electron chi connectivity index (χ1n) is 6.67. The van der Waals surface area contributed by atoms with Gasteiger partial charge >= 0.3 is 0 Å². The molecule has 0 bridgehead atoms. The summed E-state index contributed by atoms with van der Waals surface area (Å²) in [6.07, 6.45) is 0. The topological polar surface area (TPSA) is 41.1 Å². The zero-order valence-corrected chi connectivity index (χ0v) is 11.6. The number of carbonyl (C=O) groups excluding carboxylic acids is 1. The Morgan fingerprint density at radius 1 is 1.10 bits per heavy atom. The fourth-order valence-electron chi connectivity index (χ4n) is 1.88. The Hall–Kier alpha value is -2.43. The summed E-state index contributed by atoms with van der Waals surface area (Å²) in [5, 5.41) is 5.69. The highest BCUT2D eigenvalue weighted by Crippen LogP contribution is 2.15. The van der Waals surface area contributed by atoms with E-state index in [1.165, 1.54) is 12.1 Å². The highest BCUT2D eigenvalue weighted by Gasteiger charge is 2.07. The van der Waals surface area contributed by atoms with Gasteiger partial charge in [-0.1, -0.05) is 12.1 Å². The third-order valence-electron chi connectivity index (χ3n) is 3.00. The zero-order chi connectivity index (χ0) is 15.2. The van der Waals surface area contributed by atoms with Gasteiger partial charge in [-0.3, -0.25) is 4.79 Å². The Morgan fingerprint density at radius 3 is 2.48 bits per heavy atom. The van der Waals surface area contributed by atoms with E-state index in [0.717, 1.165) is 11.8 Å². The van der Waals surface area contributed by atoms with Crippen LogP contribution in [-0.4, -0.2) is 12.5 Å². The number of anilines is 1. The molecular formula is C16H16F2N2O. The molecule has 0 spiro atoms. The van der Waals surface area contributed by atoms with Crippen LogP contribution in [0.4, 0.5) is 14.5 Å². The van der Waals surface area contributed by atoms with Gasteiger partial charge in [0.25, 0.3) is 5.91 Å². The van der Waals surface area contributed by atoms with Crippen molar-refractivity contribution in [2.75, 3.05) is 11.9 Å². The summed E-state index contributed by atoms with van der Waals surface area (Å²) in [6.45, 7) is 2.59. The Kier molecular flexibility index (Phi) is 4.87. The average Bonchev–Trinajstić information content (AvgIpc) is 2.49. The lowest BCUT2D eigenvalue weighted by atomic mass is 10.1. The van der Waals surface area contributed by atoms with Gasteiger partial charge in [-0.15, -0.1) is 0 Å². The van der Waals surface area contributed by atoms with Crippen molar-refractivity contribution in [3.05, 3.63) is 65.2 Å². The van der Waals surface area contributed by atoms with Crippen LogP contribution in [0.25, 0.3) is 0 Å². The summed E-state index contributed by atoms with van der Waals surface area (Å²) < 4.78 is 26.6. The number of benzene rings is 2. The summed E-state index contributed by atoms with van der Waals surface area (Å²) in [7, 11) is 0. The van der Waals surface area contributed by atoms with Crippen LogP contribution in [0.1, 0.15) is 22.8 Å². The van der Waals surface area contributed by atoms with Crippen LogP contribution < -0.4 is 10.6 Å². The maximum absolute atomic E-state index is 13.5. The number of rotatable bonds is 5. The largest absolute Gasteiger partial charge is 0.381 e. The van der Waals surface area contributed by atoms with E-state index in [-0.39, 0.29) is 18.0 Å². The minimum Gasteiger partial charge on any atom is -0.381 e. The van der Waals surface area contributed by atoms with Crippen molar-refractivity contribution in [3.63, 3.8) is 0 Å². The lowest BCUT2D eigenvalue weighted by Gasteiger charge is -2.09. The van der Waals surface area contributed by atoms with E-state index in [2.05, 4.69) is 10.6 Å². The van der Waals surface area contributed by atoms with E-state index in [1.54, 1.807) is 24.3 Å². The molecule has 5 heteroatoms. The normalized spacial score (nSPS) is 10.2. The third-order valence-corrected chi connectivity index (χ3v) is 3.00. The molecule has 0 heterocycles. The number of halogens is 2. The van der Waals surface area contributed by atoms with Gasteiger partial charge in [-0.25, -0.2) is 8.78 Å². The monoisotopic (exact) mass is 290 g/mol. The fraction of sp³-hybridized carbons (Fsp3) is 0.188. The molecule has 0 aliphatic rings. The molecule has 0 aromatic heterocycles. The third kappa shape index (κ3) is 3.78. The Bertz CT molecular complexity index is 627. The summed E-state index contributed by atoms with van der Waals surface area (Å²) in [5.41, 5.74) is 1.54.